The average Bonchev–Trinajstić information content (AvgIpc) is 3.43. The maximum absolute atomic E-state index is 12.9. The minimum absolute atomic E-state index is 0.0488. The van der Waals surface area contributed by atoms with Crippen LogP contribution in [-0.4, -0.2) is 150 Å². The number of benzene rings is 1. The number of aliphatic hydroxyl groups excluding tert-OH is 4. The van der Waals surface area contributed by atoms with Gasteiger partial charge in [-0.1, -0.05) is 62.4 Å². The van der Waals surface area contributed by atoms with Crippen molar-refractivity contribution in [3.63, 3.8) is 0 Å². The molecule has 19 atom stereocenters. The average molecular weight is 847 g/mol. The minimum Gasteiger partial charge on any atom is -0.456 e. The van der Waals surface area contributed by atoms with E-state index in [9.17, 15) is 45.6 Å². The van der Waals surface area contributed by atoms with Crippen molar-refractivity contribution in [2.24, 2.45) is 16.7 Å². The first-order valence-electron chi connectivity index (χ1n) is 21.5. The number of hydrogen-bond donors (Lipinski definition) is 8. The van der Waals surface area contributed by atoms with Gasteiger partial charge in [-0.25, -0.2) is 4.79 Å². The summed E-state index contributed by atoms with van der Waals surface area (Å²) in [4.78, 5) is 12.9. The van der Waals surface area contributed by atoms with Crippen molar-refractivity contribution in [1.82, 2.24) is 0 Å². The number of ether oxygens (including phenoxy) is 6. The molecule has 0 bridgehead atoms. The number of hydrogen-bond acceptors (Lipinski definition) is 15. The molecule has 336 valence electrons. The largest absolute Gasteiger partial charge is 0.456 e. The summed E-state index contributed by atoms with van der Waals surface area (Å²) in [5, 5.41) is 96.0. The Labute approximate surface area is 351 Å². The molecule has 1 aromatic carbocycles. The van der Waals surface area contributed by atoms with Crippen LogP contribution in [0, 0.1) is 16.7 Å². The molecule has 2 heterocycles. The number of esters is 1. The standard InChI is InChI=1S/C45H66O15/c1-25-38(50)31(55-6)21-37(56-25)60-39-26(2)57-36(20-30(39)46)59-29-16-17-40(4)32-22-33(47)41(5)42(51,18-19-45(41,54)43(32,52)24-34(48)44(40,53)23-29)27(3)58-35(49)15-11-10-14-28-12-8-7-9-13-28/h7-15,25-27,29-34,36-39,46-48,50-54H,16-24H2,1-6H3/b14-10+,15-11+/t25-,26-,27+,29+,30+,31+,32-,33-,34-,36+,37+,38-,39-,40-,41-,42-,43+,44+,45-/m1/s1. The number of carbonyl (C=O) groups excluding carboxylic acids is 1. The topological polar surface area (TPSA) is 234 Å². The van der Waals surface area contributed by atoms with Crippen LogP contribution in [0.3, 0.4) is 0 Å². The van der Waals surface area contributed by atoms with Crippen LogP contribution in [0.25, 0.3) is 6.08 Å². The van der Waals surface area contributed by atoms with Crippen LogP contribution in [0.1, 0.15) is 98.0 Å². The second-order valence-corrected chi connectivity index (χ2v) is 18.9. The predicted octanol–water partition coefficient (Wildman–Crippen LogP) is 2.02. The number of methoxy groups -OCH3 is 1. The lowest BCUT2D eigenvalue weighted by molar-refractivity contribution is -0.375. The highest BCUT2D eigenvalue weighted by atomic mass is 16.7. The smallest absolute Gasteiger partial charge is 0.331 e. The summed E-state index contributed by atoms with van der Waals surface area (Å²) >= 11 is 0. The Morgan fingerprint density at radius 1 is 0.833 bits per heavy atom. The lowest BCUT2D eigenvalue weighted by Gasteiger charge is -2.71. The number of fused-ring (bicyclic) bond motifs is 5. The molecule has 6 fully saturated rings. The molecule has 0 spiro atoms. The third-order valence-electron chi connectivity index (χ3n) is 16.0. The van der Waals surface area contributed by atoms with E-state index >= 15 is 0 Å². The second-order valence-electron chi connectivity index (χ2n) is 18.9. The maximum Gasteiger partial charge on any atom is 0.331 e. The van der Waals surface area contributed by atoms with Gasteiger partial charge in [-0.05, 0) is 58.4 Å². The van der Waals surface area contributed by atoms with E-state index in [-0.39, 0.29) is 44.9 Å². The van der Waals surface area contributed by atoms with Gasteiger partial charge in [-0.2, -0.15) is 0 Å². The Morgan fingerprint density at radius 3 is 2.20 bits per heavy atom. The van der Waals surface area contributed by atoms with Gasteiger partial charge in [0.05, 0.1) is 53.7 Å². The first-order valence-corrected chi connectivity index (χ1v) is 21.5. The fourth-order valence-corrected chi connectivity index (χ4v) is 12.3. The number of rotatable bonds is 10. The Kier molecular flexibility index (Phi) is 12.7. The molecule has 2 aliphatic heterocycles. The summed E-state index contributed by atoms with van der Waals surface area (Å²) in [6.45, 7) is 8.23. The Hall–Kier alpha value is -2.35. The second kappa shape index (κ2) is 16.6. The molecule has 4 aliphatic carbocycles. The van der Waals surface area contributed by atoms with E-state index in [4.69, 9.17) is 28.4 Å². The molecule has 60 heavy (non-hydrogen) atoms. The van der Waals surface area contributed by atoms with E-state index < -0.39 is 125 Å². The number of carbonyl (C=O) groups is 1. The molecule has 15 nitrogen and oxygen atoms in total. The first-order chi connectivity index (χ1) is 28.2. The molecule has 2 saturated heterocycles. The summed E-state index contributed by atoms with van der Waals surface area (Å²) < 4.78 is 35.6. The Bertz CT molecular complexity index is 1730. The molecule has 1 aromatic rings. The van der Waals surface area contributed by atoms with E-state index in [1.54, 1.807) is 26.8 Å². The molecule has 4 saturated carbocycles. The molecule has 8 N–H and O–H groups in total. The van der Waals surface area contributed by atoms with E-state index in [2.05, 4.69) is 0 Å². The molecule has 0 radical (unpaired) electrons. The lowest BCUT2D eigenvalue weighted by Crippen LogP contribution is -2.83. The Balaban J connectivity index is 1.02. The normalized spacial score (nSPS) is 49.9. The zero-order valence-corrected chi connectivity index (χ0v) is 35.5. The summed E-state index contributed by atoms with van der Waals surface area (Å²) in [5.41, 5.74) is -10.1. The van der Waals surface area contributed by atoms with E-state index in [0.717, 1.165) is 5.56 Å². The van der Waals surface area contributed by atoms with Gasteiger partial charge in [0.15, 0.2) is 12.6 Å². The van der Waals surface area contributed by atoms with Crippen molar-refractivity contribution in [3.05, 3.63) is 54.1 Å². The molecular weight excluding hydrogens is 780 g/mol. The zero-order valence-electron chi connectivity index (χ0n) is 35.5. The van der Waals surface area contributed by atoms with Crippen LogP contribution in [0.5, 0.6) is 0 Å². The van der Waals surface area contributed by atoms with Gasteiger partial charge in [0, 0.05) is 50.2 Å². The van der Waals surface area contributed by atoms with E-state index in [0.29, 0.717) is 6.42 Å². The Morgan fingerprint density at radius 2 is 1.52 bits per heavy atom. The molecule has 7 rings (SSSR count). The van der Waals surface area contributed by atoms with E-state index in [1.165, 1.54) is 33.1 Å². The number of allylic oxidation sites excluding steroid dienone is 2. The summed E-state index contributed by atoms with van der Waals surface area (Å²) in [5.74, 6) is -1.65. The molecule has 0 unspecified atom stereocenters. The van der Waals surface area contributed by atoms with Crippen LogP contribution < -0.4 is 0 Å². The predicted molar refractivity (Wildman–Crippen MR) is 214 cm³/mol. The quantitative estimate of drug-likeness (QED) is 0.0729. The fraction of sp³-hybridized carbons (Fsp3) is 0.756. The molecule has 0 aromatic heterocycles. The van der Waals surface area contributed by atoms with Crippen molar-refractivity contribution < 1.29 is 74.1 Å². The van der Waals surface area contributed by atoms with Crippen LogP contribution in [0.4, 0.5) is 0 Å². The SMILES string of the molecule is CO[C@H]1C[C@H](O[C@H]2[C@@H](O)C[C@H](O[C@H]3CC[C@]4(C)[C@H]5C[C@@H](O)[C@@]6(C)[C@](O)(CC[C@@]6(O)[C@H](C)OC(=O)/C=C/C=C/c6ccccc6)[C@]5(O)C[C@@H](O)[C@@]4(O)C3)O[C@@H]2C)O[C@H](C)[C@H]1O. The van der Waals surface area contributed by atoms with Gasteiger partial charge >= 0.3 is 5.97 Å². The highest BCUT2D eigenvalue weighted by molar-refractivity contribution is 5.82. The van der Waals surface area contributed by atoms with Crippen LogP contribution in [-0.2, 0) is 33.2 Å². The van der Waals surface area contributed by atoms with Crippen molar-refractivity contribution in [2.45, 2.75) is 188 Å². The van der Waals surface area contributed by atoms with Gasteiger partial charge < -0.3 is 69.3 Å². The van der Waals surface area contributed by atoms with Crippen molar-refractivity contribution in [1.29, 1.82) is 0 Å². The van der Waals surface area contributed by atoms with Gasteiger partial charge in [0.2, 0.25) is 0 Å². The minimum atomic E-state index is -2.16. The van der Waals surface area contributed by atoms with Crippen LogP contribution in [0.2, 0.25) is 0 Å². The monoisotopic (exact) mass is 846 g/mol. The van der Waals surface area contributed by atoms with Gasteiger partial charge in [0.25, 0.3) is 0 Å². The van der Waals surface area contributed by atoms with E-state index in [1.807, 2.05) is 36.4 Å². The third kappa shape index (κ3) is 7.23. The van der Waals surface area contributed by atoms with Crippen LogP contribution in [0.15, 0.2) is 48.6 Å². The molecule has 0 amide bonds. The molecule has 6 aliphatic rings. The van der Waals surface area contributed by atoms with Gasteiger partial charge in [0.1, 0.15) is 35.1 Å². The van der Waals surface area contributed by atoms with Crippen LogP contribution >= 0.6 is 0 Å². The summed E-state index contributed by atoms with van der Waals surface area (Å²) in [6.07, 6.45) is -4.32. The molecular formula is C45H66O15. The molecule has 15 heteroatoms. The fourth-order valence-electron chi connectivity index (χ4n) is 12.3. The third-order valence-corrected chi connectivity index (χ3v) is 16.0. The highest BCUT2D eigenvalue weighted by Crippen LogP contribution is 2.72. The maximum atomic E-state index is 12.9. The number of aliphatic hydroxyl groups is 8. The highest BCUT2D eigenvalue weighted by Gasteiger charge is 2.83. The van der Waals surface area contributed by atoms with Crippen molar-refractivity contribution >= 4 is 12.0 Å². The summed E-state index contributed by atoms with van der Waals surface area (Å²) in [6, 6.07) is 9.51. The van der Waals surface area contributed by atoms with Crippen molar-refractivity contribution in [3.8, 4) is 0 Å². The lowest BCUT2D eigenvalue weighted by atomic mass is 9.38. The first kappa shape index (κ1) is 45.7. The summed E-state index contributed by atoms with van der Waals surface area (Å²) in [7, 11) is 1.51. The van der Waals surface area contributed by atoms with Gasteiger partial charge in [-0.3, -0.25) is 0 Å². The van der Waals surface area contributed by atoms with Gasteiger partial charge in [-0.15, -0.1) is 0 Å². The van der Waals surface area contributed by atoms with Crippen molar-refractivity contribution in [2.75, 3.05) is 7.11 Å². The zero-order chi connectivity index (χ0) is 43.6.